The Labute approximate surface area is 144 Å². The topological polar surface area (TPSA) is 58.4 Å². The number of aromatic nitrogens is 1. The van der Waals surface area contributed by atoms with Gasteiger partial charge in [0.15, 0.2) is 0 Å². The van der Waals surface area contributed by atoms with E-state index in [2.05, 4.69) is 10.5 Å². The number of hydrogen-bond acceptors (Lipinski definition) is 4. The molecule has 24 heavy (non-hydrogen) atoms. The zero-order valence-electron chi connectivity index (χ0n) is 14.5. The van der Waals surface area contributed by atoms with Crippen LogP contribution >= 0.6 is 0 Å². The van der Waals surface area contributed by atoms with Crippen molar-refractivity contribution in [1.82, 2.24) is 15.4 Å². The van der Waals surface area contributed by atoms with Crippen LogP contribution < -0.4 is 5.32 Å². The lowest BCUT2D eigenvalue weighted by molar-refractivity contribution is 0.0590. The van der Waals surface area contributed by atoms with Crippen LogP contribution in [0.1, 0.15) is 80.0 Å². The molecule has 0 aromatic carbocycles. The number of nitrogens with zero attached hydrogens (tertiary/aromatic N) is 2. The monoisotopic (exact) mass is 331 g/mol. The van der Waals surface area contributed by atoms with Crippen molar-refractivity contribution >= 4 is 5.91 Å². The predicted molar refractivity (Wildman–Crippen MR) is 92.0 cm³/mol. The summed E-state index contributed by atoms with van der Waals surface area (Å²) in [6, 6.07) is 2.50. The highest BCUT2D eigenvalue weighted by atomic mass is 16.5. The summed E-state index contributed by atoms with van der Waals surface area (Å²) < 4.78 is 5.44. The van der Waals surface area contributed by atoms with Crippen LogP contribution in [0.5, 0.6) is 0 Å². The van der Waals surface area contributed by atoms with Crippen LogP contribution in [0.4, 0.5) is 0 Å². The van der Waals surface area contributed by atoms with E-state index in [1.807, 2.05) is 11.0 Å². The number of fused-ring (bicyclic) bond motifs is 1. The Morgan fingerprint density at radius 3 is 2.83 bits per heavy atom. The Hall–Kier alpha value is -1.36. The van der Waals surface area contributed by atoms with Crippen LogP contribution in [-0.4, -0.2) is 41.6 Å². The highest BCUT2D eigenvalue weighted by Crippen LogP contribution is 2.32. The van der Waals surface area contributed by atoms with Crippen LogP contribution in [0.25, 0.3) is 0 Å². The summed E-state index contributed by atoms with van der Waals surface area (Å²) in [5.74, 6) is 1.55. The van der Waals surface area contributed by atoms with E-state index in [1.165, 1.54) is 51.4 Å². The molecule has 5 heteroatoms. The summed E-state index contributed by atoms with van der Waals surface area (Å²) in [7, 11) is 0. The Kier molecular flexibility index (Phi) is 4.88. The summed E-state index contributed by atoms with van der Waals surface area (Å²) in [5, 5.41) is 7.87. The van der Waals surface area contributed by atoms with Crippen LogP contribution in [-0.2, 0) is 0 Å². The van der Waals surface area contributed by atoms with E-state index < -0.39 is 0 Å². The van der Waals surface area contributed by atoms with E-state index in [1.54, 1.807) is 0 Å². The van der Waals surface area contributed by atoms with E-state index in [4.69, 9.17) is 4.52 Å². The minimum absolute atomic E-state index is 0.0345. The van der Waals surface area contributed by atoms with Gasteiger partial charge in [-0.25, -0.2) is 0 Å². The summed E-state index contributed by atoms with van der Waals surface area (Å²) in [6.07, 6.45) is 11.0. The standard InChI is InChI=1S/C19H29N3O2/c23-19(18-12-17(21-24-18)14-6-2-1-3-7-14)22-11-9-16-15(13-22)8-4-5-10-20-16/h12,14-16,20H,1-11,13H2/t15-,16-/m1/s1. The van der Waals surface area contributed by atoms with Gasteiger partial charge in [-0.2, -0.15) is 0 Å². The highest BCUT2D eigenvalue weighted by molar-refractivity contribution is 5.91. The molecular weight excluding hydrogens is 302 g/mol. The molecule has 1 saturated carbocycles. The van der Waals surface area contributed by atoms with Gasteiger partial charge in [0.25, 0.3) is 5.91 Å². The third kappa shape index (κ3) is 3.37. The number of nitrogens with one attached hydrogen (secondary N) is 1. The number of hydrogen-bond donors (Lipinski definition) is 1. The van der Waals surface area contributed by atoms with Gasteiger partial charge in [0.2, 0.25) is 5.76 Å². The van der Waals surface area contributed by atoms with E-state index in [9.17, 15) is 4.79 Å². The van der Waals surface area contributed by atoms with Crippen molar-refractivity contribution in [3.63, 3.8) is 0 Å². The van der Waals surface area contributed by atoms with E-state index in [-0.39, 0.29) is 5.91 Å². The lowest BCUT2D eigenvalue weighted by Gasteiger charge is -2.37. The second-order valence-electron chi connectivity index (χ2n) is 7.81. The molecule has 5 nitrogen and oxygen atoms in total. The van der Waals surface area contributed by atoms with Gasteiger partial charge in [0, 0.05) is 31.1 Å². The van der Waals surface area contributed by atoms with Gasteiger partial charge in [-0.05, 0) is 44.6 Å². The molecule has 3 heterocycles. The van der Waals surface area contributed by atoms with Crippen LogP contribution in [0.3, 0.4) is 0 Å². The van der Waals surface area contributed by atoms with E-state index in [0.717, 1.165) is 31.7 Å². The van der Waals surface area contributed by atoms with Gasteiger partial charge in [-0.1, -0.05) is 30.8 Å². The molecule has 1 aliphatic carbocycles. The van der Waals surface area contributed by atoms with Crippen LogP contribution in [0, 0.1) is 5.92 Å². The Morgan fingerprint density at radius 1 is 1.12 bits per heavy atom. The van der Waals surface area contributed by atoms with E-state index in [0.29, 0.717) is 23.6 Å². The van der Waals surface area contributed by atoms with Gasteiger partial charge in [-0.15, -0.1) is 0 Å². The van der Waals surface area contributed by atoms with Crippen molar-refractivity contribution in [2.24, 2.45) is 5.92 Å². The third-order valence-corrected chi connectivity index (χ3v) is 6.19. The molecule has 0 bridgehead atoms. The SMILES string of the molecule is O=C(c1cc(C2CCCCC2)no1)N1CC[C@H]2NCCCC[C@@H]2C1. The van der Waals surface area contributed by atoms with Gasteiger partial charge < -0.3 is 14.7 Å². The zero-order chi connectivity index (χ0) is 16.4. The molecule has 0 spiro atoms. The number of amides is 1. The molecule has 3 aliphatic rings. The smallest absolute Gasteiger partial charge is 0.292 e. The molecule has 4 rings (SSSR count). The predicted octanol–water partition coefficient (Wildman–Crippen LogP) is 3.33. The van der Waals surface area contributed by atoms with Crippen molar-refractivity contribution in [2.75, 3.05) is 19.6 Å². The summed E-state index contributed by atoms with van der Waals surface area (Å²) in [6.45, 7) is 2.81. The molecule has 1 aromatic heterocycles. The first kappa shape index (κ1) is 16.1. The number of carbonyl (C=O) groups is 1. The first-order valence-corrected chi connectivity index (χ1v) is 9.80. The second-order valence-corrected chi connectivity index (χ2v) is 7.81. The lowest BCUT2D eigenvalue weighted by Crippen LogP contribution is -2.50. The number of likely N-dealkylation sites (tertiary alicyclic amines) is 1. The first-order valence-electron chi connectivity index (χ1n) is 9.80. The molecule has 0 unspecified atom stereocenters. The number of rotatable bonds is 2. The minimum Gasteiger partial charge on any atom is -0.351 e. The molecule has 1 N–H and O–H groups in total. The van der Waals surface area contributed by atoms with Crippen molar-refractivity contribution in [1.29, 1.82) is 0 Å². The first-order chi connectivity index (χ1) is 11.8. The molecule has 132 valence electrons. The largest absolute Gasteiger partial charge is 0.351 e. The van der Waals surface area contributed by atoms with Crippen LogP contribution in [0.15, 0.2) is 10.6 Å². The van der Waals surface area contributed by atoms with Gasteiger partial charge in [0.1, 0.15) is 0 Å². The average molecular weight is 331 g/mol. The highest BCUT2D eigenvalue weighted by Gasteiger charge is 2.33. The molecule has 2 saturated heterocycles. The van der Waals surface area contributed by atoms with Crippen molar-refractivity contribution in [2.45, 2.75) is 69.7 Å². The maximum atomic E-state index is 12.8. The normalized spacial score (nSPS) is 29.1. The van der Waals surface area contributed by atoms with Crippen molar-refractivity contribution < 1.29 is 9.32 Å². The number of piperidine rings is 1. The van der Waals surface area contributed by atoms with Crippen molar-refractivity contribution in [3.8, 4) is 0 Å². The van der Waals surface area contributed by atoms with Gasteiger partial charge in [-0.3, -0.25) is 4.79 Å². The summed E-state index contributed by atoms with van der Waals surface area (Å²) in [5.41, 5.74) is 0.990. The fourth-order valence-corrected chi connectivity index (χ4v) is 4.73. The molecule has 2 aliphatic heterocycles. The maximum absolute atomic E-state index is 12.8. The summed E-state index contributed by atoms with van der Waals surface area (Å²) in [4.78, 5) is 14.8. The van der Waals surface area contributed by atoms with Gasteiger partial charge >= 0.3 is 0 Å². The summed E-state index contributed by atoms with van der Waals surface area (Å²) >= 11 is 0. The Bertz CT molecular complexity index is 565. The lowest BCUT2D eigenvalue weighted by atomic mass is 9.87. The number of carbonyl (C=O) groups excluding carboxylic acids is 1. The Morgan fingerprint density at radius 2 is 1.96 bits per heavy atom. The zero-order valence-corrected chi connectivity index (χ0v) is 14.5. The molecule has 0 radical (unpaired) electrons. The van der Waals surface area contributed by atoms with Gasteiger partial charge in [0.05, 0.1) is 5.69 Å². The molecule has 1 amide bonds. The van der Waals surface area contributed by atoms with Crippen molar-refractivity contribution in [3.05, 3.63) is 17.5 Å². The fourth-order valence-electron chi connectivity index (χ4n) is 4.73. The molecular formula is C19H29N3O2. The molecule has 2 atom stereocenters. The maximum Gasteiger partial charge on any atom is 0.292 e. The third-order valence-electron chi connectivity index (χ3n) is 6.19. The minimum atomic E-state index is 0.0345. The fraction of sp³-hybridized carbons (Fsp3) is 0.789. The van der Waals surface area contributed by atoms with Crippen LogP contribution in [0.2, 0.25) is 0 Å². The second kappa shape index (κ2) is 7.26. The Balaban J connectivity index is 1.41. The molecule has 3 fully saturated rings. The molecule has 1 aromatic rings. The van der Waals surface area contributed by atoms with E-state index >= 15 is 0 Å². The quantitative estimate of drug-likeness (QED) is 0.903. The average Bonchev–Trinajstić information content (AvgIpc) is 3.01.